The molecular weight excluding hydrogens is 347 g/mol. The average molecular weight is 378 g/mol. The van der Waals surface area contributed by atoms with Crippen LogP contribution in [0, 0.1) is 5.82 Å². The van der Waals surface area contributed by atoms with E-state index in [1.165, 1.54) is 17.0 Å². The summed E-state index contributed by atoms with van der Waals surface area (Å²) in [5.41, 5.74) is 0.523. The Labute approximate surface area is 161 Å². The minimum absolute atomic E-state index is 0.0667. The molecule has 150 valence electrons. The van der Waals surface area contributed by atoms with Crippen LogP contribution in [0.1, 0.15) is 40.0 Å². The van der Waals surface area contributed by atoms with Crippen LogP contribution >= 0.6 is 0 Å². The van der Waals surface area contributed by atoms with Crippen LogP contribution in [0.5, 0.6) is 0 Å². The number of carbonyl (C=O) groups excluding carboxylic acids is 2. The number of anilines is 1. The van der Waals surface area contributed by atoms with Gasteiger partial charge in [-0.2, -0.15) is 0 Å². The van der Waals surface area contributed by atoms with E-state index in [0.29, 0.717) is 12.2 Å². The molecule has 1 heterocycles. The van der Waals surface area contributed by atoms with Crippen LogP contribution in [0.3, 0.4) is 0 Å². The molecule has 1 aliphatic rings. The lowest BCUT2D eigenvalue weighted by Crippen LogP contribution is -2.46. The van der Waals surface area contributed by atoms with Crippen molar-refractivity contribution >= 4 is 17.6 Å². The third-order valence-electron chi connectivity index (χ3n) is 4.96. The highest BCUT2D eigenvalue weighted by Crippen LogP contribution is 2.22. The molecule has 2 rings (SSSR count). The van der Waals surface area contributed by atoms with Crippen molar-refractivity contribution in [3.05, 3.63) is 30.1 Å². The molecule has 1 saturated heterocycles. The minimum Gasteiger partial charge on any atom is -0.336 e. The van der Waals surface area contributed by atoms with Crippen molar-refractivity contribution in [2.24, 2.45) is 0 Å². The Balaban J connectivity index is 1.75. The van der Waals surface area contributed by atoms with E-state index >= 15 is 0 Å². The predicted molar refractivity (Wildman–Crippen MR) is 105 cm³/mol. The number of nitrogens with one attached hydrogen (secondary N) is 2. The molecule has 2 N–H and O–H groups in total. The highest BCUT2D eigenvalue weighted by molar-refractivity contribution is 5.96. The molecule has 0 radical (unpaired) electrons. The Morgan fingerprint density at radius 2 is 2.11 bits per heavy atom. The van der Waals surface area contributed by atoms with Gasteiger partial charge < -0.3 is 20.4 Å². The second-order valence-corrected chi connectivity index (χ2v) is 7.07. The first kappa shape index (κ1) is 21.2. The predicted octanol–water partition coefficient (Wildman–Crippen LogP) is 2.74. The number of nitrogens with zero attached hydrogens (tertiary/aromatic N) is 2. The monoisotopic (exact) mass is 378 g/mol. The maximum atomic E-state index is 13.4. The number of carbonyl (C=O) groups is 2. The van der Waals surface area contributed by atoms with Gasteiger partial charge in [-0.1, -0.05) is 19.9 Å². The molecule has 1 aliphatic heterocycles. The lowest BCUT2D eigenvalue weighted by atomic mass is 10.2. The molecule has 3 amide bonds. The summed E-state index contributed by atoms with van der Waals surface area (Å²) in [6.45, 7) is 9.74. The third-order valence-corrected chi connectivity index (χ3v) is 4.96. The Hall–Kier alpha value is -2.15. The normalized spacial score (nSPS) is 18.0. The molecule has 1 aromatic carbocycles. The summed E-state index contributed by atoms with van der Waals surface area (Å²) in [6.07, 6.45) is 2.15. The number of rotatable bonds is 9. The zero-order valence-corrected chi connectivity index (χ0v) is 16.5. The lowest BCUT2D eigenvalue weighted by molar-refractivity contribution is -0.117. The Morgan fingerprint density at radius 3 is 2.78 bits per heavy atom. The highest BCUT2D eigenvalue weighted by Gasteiger charge is 2.31. The lowest BCUT2D eigenvalue weighted by Gasteiger charge is -2.21. The number of benzene rings is 1. The van der Waals surface area contributed by atoms with Crippen molar-refractivity contribution in [1.29, 1.82) is 0 Å². The van der Waals surface area contributed by atoms with E-state index in [1.54, 1.807) is 12.1 Å². The standard InChI is InChI=1S/C20H31FN4O2/c1-4-24(5-2)11-7-8-15(3)22-20(27)23-17-13-19(26)25(14-17)18-10-6-9-16(21)12-18/h6,9-10,12,15,17H,4-5,7-8,11,13-14H2,1-3H3,(H2,22,23,27)/t15-,17-/m0/s1. The molecule has 1 fully saturated rings. The first-order valence-electron chi connectivity index (χ1n) is 9.78. The number of amides is 3. The van der Waals surface area contributed by atoms with E-state index < -0.39 is 0 Å². The van der Waals surface area contributed by atoms with Gasteiger partial charge in [-0.3, -0.25) is 4.79 Å². The molecule has 2 atom stereocenters. The maximum absolute atomic E-state index is 13.4. The number of hydrogen-bond acceptors (Lipinski definition) is 3. The van der Waals surface area contributed by atoms with Gasteiger partial charge in [0, 0.05) is 24.7 Å². The number of halogens is 1. The summed E-state index contributed by atoms with van der Waals surface area (Å²) in [7, 11) is 0. The first-order chi connectivity index (χ1) is 12.9. The van der Waals surface area contributed by atoms with E-state index in [0.717, 1.165) is 32.5 Å². The van der Waals surface area contributed by atoms with Gasteiger partial charge in [-0.15, -0.1) is 0 Å². The van der Waals surface area contributed by atoms with E-state index in [4.69, 9.17) is 0 Å². The summed E-state index contributed by atoms with van der Waals surface area (Å²) in [4.78, 5) is 28.3. The third kappa shape index (κ3) is 6.50. The summed E-state index contributed by atoms with van der Waals surface area (Å²) in [6, 6.07) is 5.48. The molecule has 0 bridgehead atoms. The Bertz CT molecular complexity index is 636. The van der Waals surface area contributed by atoms with Crippen molar-refractivity contribution in [3.63, 3.8) is 0 Å². The fourth-order valence-corrected chi connectivity index (χ4v) is 3.38. The van der Waals surface area contributed by atoms with E-state index in [9.17, 15) is 14.0 Å². The molecule has 6 nitrogen and oxygen atoms in total. The molecule has 1 aromatic rings. The molecule has 0 saturated carbocycles. The van der Waals surface area contributed by atoms with Gasteiger partial charge in [-0.05, 0) is 57.6 Å². The van der Waals surface area contributed by atoms with Gasteiger partial charge in [0.05, 0.1) is 6.04 Å². The van der Waals surface area contributed by atoms with Crippen molar-refractivity contribution in [3.8, 4) is 0 Å². The SMILES string of the molecule is CCN(CC)CCC[C@H](C)NC(=O)N[C@H]1CC(=O)N(c2cccc(F)c2)C1. The van der Waals surface area contributed by atoms with Gasteiger partial charge in [-0.25, -0.2) is 9.18 Å². The second-order valence-electron chi connectivity index (χ2n) is 7.07. The Kier molecular flexibility index (Phi) is 8.03. The van der Waals surface area contributed by atoms with Crippen LogP contribution in [0.4, 0.5) is 14.9 Å². The minimum atomic E-state index is -0.381. The zero-order chi connectivity index (χ0) is 19.8. The fraction of sp³-hybridized carbons (Fsp3) is 0.600. The van der Waals surface area contributed by atoms with Crippen molar-refractivity contribution in [2.45, 2.75) is 52.1 Å². The molecule has 0 aromatic heterocycles. The quantitative estimate of drug-likeness (QED) is 0.694. The molecule has 7 heteroatoms. The molecule has 0 aliphatic carbocycles. The summed E-state index contributed by atoms with van der Waals surface area (Å²) >= 11 is 0. The van der Waals surface area contributed by atoms with Crippen LogP contribution < -0.4 is 15.5 Å². The summed E-state index contributed by atoms with van der Waals surface area (Å²) < 4.78 is 13.4. The number of urea groups is 1. The molecular formula is C20H31FN4O2. The topological polar surface area (TPSA) is 64.7 Å². The van der Waals surface area contributed by atoms with Gasteiger partial charge in [0.25, 0.3) is 0 Å². The van der Waals surface area contributed by atoms with Crippen molar-refractivity contribution in [2.75, 3.05) is 31.1 Å². The number of hydrogen-bond donors (Lipinski definition) is 2. The van der Waals surface area contributed by atoms with E-state index in [-0.39, 0.29) is 36.3 Å². The smallest absolute Gasteiger partial charge is 0.315 e. The van der Waals surface area contributed by atoms with Gasteiger partial charge in [0.1, 0.15) is 5.82 Å². The molecule has 0 spiro atoms. The first-order valence-corrected chi connectivity index (χ1v) is 9.78. The maximum Gasteiger partial charge on any atom is 0.315 e. The van der Waals surface area contributed by atoms with Crippen molar-refractivity contribution < 1.29 is 14.0 Å². The van der Waals surface area contributed by atoms with E-state index in [2.05, 4.69) is 29.4 Å². The summed E-state index contributed by atoms with van der Waals surface area (Å²) in [5.74, 6) is -0.494. The van der Waals surface area contributed by atoms with Crippen LogP contribution in [-0.2, 0) is 4.79 Å². The van der Waals surface area contributed by atoms with E-state index in [1.807, 2.05) is 6.92 Å². The van der Waals surface area contributed by atoms with Crippen LogP contribution in [0.25, 0.3) is 0 Å². The van der Waals surface area contributed by atoms with Crippen LogP contribution in [0.15, 0.2) is 24.3 Å². The summed E-state index contributed by atoms with van der Waals surface area (Å²) in [5, 5.41) is 5.80. The van der Waals surface area contributed by atoms with Crippen LogP contribution in [0.2, 0.25) is 0 Å². The average Bonchev–Trinajstić information content (AvgIpc) is 2.98. The Morgan fingerprint density at radius 1 is 1.37 bits per heavy atom. The van der Waals surface area contributed by atoms with Gasteiger partial charge >= 0.3 is 6.03 Å². The largest absolute Gasteiger partial charge is 0.336 e. The van der Waals surface area contributed by atoms with Gasteiger partial charge in [0.15, 0.2) is 0 Å². The highest BCUT2D eigenvalue weighted by atomic mass is 19.1. The second kappa shape index (κ2) is 10.3. The molecule has 27 heavy (non-hydrogen) atoms. The molecule has 0 unspecified atom stereocenters. The zero-order valence-electron chi connectivity index (χ0n) is 16.5. The van der Waals surface area contributed by atoms with Gasteiger partial charge in [0.2, 0.25) is 5.91 Å². The van der Waals surface area contributed by atoms with Crippen LogP contribution in [-0.4, -0.2) is 55.1 Å². The fourth-order valence-electron chi connectivity index (χ4n) is 3.38. The van der Waals surface area contributed by atoms with Crippen molar-refractivity contribution in [1.82, 2.24) is 15.5 Å².